The number of rotatable bonds is 1. The second kappa shape index (κ2) is 3.54. The molecule has 0 aromatic heterocycles. The number of methoxy groups -OCH3 is 1. The molecule has 3 N–H and O–H groups in total. The Bertz CT molecular complexity index is 151. The Morgan fingerprint density at radius 2 is 2.55 bits per heavy atom. The Morgan fingerprint density at radius 1 is 1.82 bits per heavy atom. The van der Waals surface area contributed by atoms with Crippen LogP contribution >= 0.6 is 0 Å². The highest BCUT2D eigenvalue weighted by Crippen LogP contribution is 2.10. The number of likely N-dealkylation sites (tertiary alicyclic amines) is 1. The molecule has 0 saturated carbocycles. The second-order valence-electron chi connectivity index (χ2n) is 2.54. The first-order valence-electron chi connectivity index (χ1n) is 3.56. The first-order valence-corrected chi connectivity index (χ1v) is 3.56. The maximum atomic E-state index is 10.9. The standard InChI is InChI=1S/C6H13N3O2/c1-11-5-2-3-9(4-5)6(10)8-7/h5H,2-4,7H2,1H3,(H,8,10). The van der Waals surface area contributed by atoms with Crippen LogP contribution in [0.1, 0.15) is 6.42 Å². The van der Waals surface area contributed by atoms with Gasteiger partial charge in [0.05, 0.1) is 6.10 Å². The van der Waals surface area contributed by atoms with Crippen molar-refractivity contribution in [2.75, 3.05) is 20.2 Å². The van der Waals surface area contributed by atoms with E-state index >= 15 is 0 Å². The number of urea groups is 1. The maximum Gasteiger partial charge on any atom is 0.331 e. The van der Waals surface area contributed by atoms with Gasteiger partial charge in [-0.05, 0) is 6.42 Å². The van der Waals surface area contributed by atoms with Crippen molar-refractivity contribution < 1.29 is 9.53 Å². The fourth-order valence-corrected chi connectivity index (χ4v) is 1.20. The van der Waals surface area contributed by atoms with Gasteiger partial charge >= 0.3 is 6.03 Å². The zero-order valence-corrected chi connectivity index (χ0v) is 6.54. The Kier molecular flexibility index (Phi) is 2.67. The molecule has 2 amide bonds. The topological polar surface area (TPSA) is 67.6 Å². The minimum atomic E-state index is -0.232. The van der Waals surface area contributed by atoms with Crippen molar-refractivity contribution in [2.24, 2.45) is 5.84 Å². The van der Waals surface area contributed by atoms with Gasteiger partial charge in [0.2, 0.25) is 0 Å². The molecule has 1 fully saturated rings. The van der Waals surface area contributed by atoms with E-state index in [4.69, 9.17) is 10.6 Å². The summed E-state index contributed by atoms with van der Waals surface area (Å²) in [5.74, 6) is 4.96. The van der Waals surface area contributed by atoms with E-state index in [1.807, 2.05) is 0 Å². The van der Waals surface area contributed by atoms with Crippen LogP contribution in [0, 0.1) is 0 Å². The number of amides is 2. The number of carbonyl (C=O) groups excluding carboxylic acids is 1. The quantitative estimate of drug-likeness (QED) is 0.302. The van der Waals surface area contributed by atoms with Crippen molar-refractivity contribution in [2.45, 2.75) is 12.5 Å². The number of ether oxygens (including phenoxy) is 1. The molecule has 1 atom stereocenters. The summed E-state index contributed by atoms with van der Waals surface area (Å²) in [5.41, 5.74) is 2.08. The Hall–Kier alpha value is -0.810. The molecule has 0 aliphatic carbocycles. The van der Waals surface area contributed by atoms with Crippen molar-refractivity contribution in [3.05, 3.63) is 0 Å². The predicted molar refractivity (Wildman–Crippen MR) is 39.7 cm³/mol. The lowest BCUT2D eigenvalue weighted by molar-refractivity contribution is 0.110. The van der Waals surface area contributed by atoms with Gasteiger partial charge in [0, 0.05) is 20.2 Å². The molecular formula is C6H13N3O2. The van der Waals surface area contributed by atoms with Gasteiger partial charge in [-0.15, -0.1) is 0 Å². The van der Waals surface area contributed by atoms with Gasteiger partial charge < -0.3 is 9.64 Å². The zero-order chi connectivity index (χ0) is 8.27. The Balaban J connectivity index is 2.35. The minimum Gasteiger partial charge on any atom is -0.380 e. The molecular weight excluding hydrogens is 146 g/mol. The zero-order valence-electron chi connectivity index (χ0n) is 6.54. The Morgan fingerprint density at radius 3 is 3.00 bits per heavy atom. The lowest BCUT2D eigenvalue weighted by atomic mass is 10.3. The van der Waals surface area contributed by atoms with E-state index < -0.39 is 0 Å². The molecule has 11 heavy (non-hydrogen) atoms. The Labute approximate surface area is 65.5 Å². The summed E-state index contributed by atoms with van der Waals surface area (Å²) in [4.78, 5) is 12.5. The summed E-state index contributed by atoms with van der Waals surface area (Å²) in [6, 6.07) is -0.232. The normalized spacial score (nSPS) is 23.8. The average Bonchev–Trinajstić information content (AvgIpc) is 2.50. The first-order chi connectivity index (χ1) is 5.27. The molecule has 1 heterocycles. The molecule has 0 bridgehead atoms. The van der Waals surface area contributed by atoms with Gasteiger partial charge in [0.25, 0.3) is 0 Å². The summed E-state index contributed by atoms with van der Waals surface area (Å²) < 4.78 is 5.07. The van der Waals surface area contributed by atoms with Crippen LogP contribution in [0.5, 0.6) is 0 Å². The molecule has 64 valence electrons. The smallest absolute Gasteiger partial charge is 0.331 e. The highest BCUT2D eigenvalue weighted by molar-refractivity contribution is 5.73. The van der Waals surface area contributed by atoms with Gasteiger partial charge in [0.1, 0.15) is 0 Å². The van der Waals surface area contributed by atoms with Gasteiger partial charge in [-0.3, -0.25) is 5.43 Å². The lowest BCUT2D eigenvalue weighted by Gasteiger charge is -2.14. The molecule has 1 aliphatic rings. The predicted octanol–water partition coefficient (Wildman–Crippen LogP) is -0.710. The van der Waals surface area contributed by atoms with E-state index in [9.17, 15) is 4.79 Å². The van der Waals surface area contributed by atoms with E-state index in [1.54, 1.807) is 12.0 Å². The van der Waals surface area contributed by atoms with Crippen LogP contribution in [0.2, 0.25) is 0 Å². The molecule has 1 unspecified atom stereocenters. The molecule has 1 aliphatic heterocycles. The molecule has 1 rings (SSSR count). The highest BCUT2D eigenvalue weighted by Gasteiger charge is 2.24. The van der Waals surface area contributed by atoms with E-state index in [0.29, 0.717) is 6.54 Å². The summed E-state index contributed by atoms with van der Waals surface area (Å²) in [6.07, 6.45) is 1.07. The molecule has 1 saturated heterocycles. The third-order valence-corrected chi connectivity index (χ3v) is 1.89. The van der Waals surface area contributed by atoms with Crippen molar-refractivity contribution >= 4 is 6.03 Å². The number of carbonyl (C=O) groups is 1. The molecule has 0 radical (unpaired) electrons. The molecule has 5 heteroatoms. The molecule has 5 nitrogen and oxygen atoms in total. The van der Waals surface area contributed by atoms with E-state index in [2.05, 4.69) is 5.43 Å². The van der Waals surface area contributed by atoms with Crippen LogP contribution in [0.4, 0.5) is 4.79 Å². The van der Waals surface area contributed by atoms with Crippen LogP contribution in [0.3, 0.4) is 0 Å². The average molecular weight is 159 g/mol. The fraction of sp³-hybridized carbons (Fsp3) is 0.833. The number of hydrogen-bond donors (Lipinski definition) is 2. The lowest BCUT2D eigenvalue weighted by Crippen LogP contribution is -2.42. The van der Waals surface area contributed by atoms with Crippen LogP contribution in [-0.4, -0.2) is 37.2 Å². The van der Waals surface area contributed by atoms with E-state index in [-0.39, 0.29) is 12.1 Å². The first kappa shape index (κ1) is 8.29. The van der Waals surface area contributed by atoms with Gasteiger partial charge in [0.15, 0.2) is 0 Å². The fourth-order valence-electron chi connectivity index (χ4n) is 1.20. The van der Waals surface area contributed by atoms with Crippen molar-refractivity contribution in [1.82, 2.24) is 10.3 Å². The number of hydrazine groups is 1. The number of nitrogens with zero attached hydrogens (tertiary/aromatic N) is 1. The SMILES string of the molecule is COC1CCN(C(=O)NN)C1. The van der Waals surface area contributed by atoms with Crippen molar-refractivity contribution in [1.29, 1.82) is 0 Å². The summed E-state index contributed by atoms with van der Waals surface area (Å²) in [6.45, 7) is 1.36. The summed E-state index contributed by atoms with van der Waals surface area (Å²) >= 11 is 0. The second-order valence-corrected chi connectivity index (χ2v) is 2.54. The number of nitrogens with two attached hydrogens (primary N) is 1. The summed E-state index contributed by atoms with van der Waals surface area (Å²) in [7, 11) is 1.65. The number of hydrogen-bond acceptors (Lipinski definition) is 3. The van der Waals surface area contributed by atoms with Gasteiger partial charge in [-0.25, -0.2) is 10.6 Å². The third kappa shape index (κ3) is 1.81. The van der Waals surface area contributed by atoms with E-state index in [1.165, 1.54) is 0 Å². The molecule has 0 aromatic rings. The van der Waals surface area contributed by atoms with Gasteiger partial charge in [-0.1, -0.05) is 0 Å². The van der Waals surface area contributed by atoms with Crippen LogP contribution in [-0.2, 0) is 4.74 Å². The maximum absolute atomic E-state index is 10.9. The van der Waals surface area contributed by atoms with Crippen molar-refractivity contribution in [3.8, 4) is 0 Å². The molecule has 0 spiro atoms. The third-order valence-electron chi connectivity index (χ3n) is 1.89. The monoisotopic (exact) mass is 159 g/mol. The van der Waals surface area contributed by atoms with Crippen molar-refractivity contribution in [3.63, 3.8) is 0 Å². The largest absolute Gasteiger partial charge is 0.380 e. The molecule has 0 aromatic carbocycles. The minimum absolute atomic E-state index is 0.173. The van der Waals surface area contributed by atoms with Crippen LogP contribution in [0.25, 0.3) is 0 Å². The van der Waals surface area contributed by atoms with Gasteiger partial charge in [-0.2, -0.15) is 0 Å². The highest BCUT2D eigenvalue weighted by atomic mass is 16.5. The number of nitrogens with one attached hydrogen (secondary N) is 1. The van der Waals surface area contributed by atoms with Crippen LogP contribution in [0.15, 0.2) is 0 Å². The van der Waals surface area contributed by atoms with Crippen LogP contribution < -0.4 is 11.3 Å². The summed E-state index contributed by atoms with van der Waals surface area (Å²) in [5, 5.41) is 0. The van der Waals surface area contributed by atoms with E-state index in [0.717, 1.165) is 13.0 Å².